The van der Waals surface area contributed by atoms with Crippen molar-refractivity contribution in [1.29, 1.82) is 0 Å². The second-order valence-electron chi connectivity index (χ2n) is 3.74. The number of fused-ring (bicyclic) bond motifs is 1. The topological polar surface area (TPSA) is 57.5 Å². The molecule has 0 bridgehead atoms. The molecule has 2 rings (SSSR count). The van der Waals surface area contributed by atoms with E-state index < -0.39 is 5.97 Å². The van der Waals surface area contributed by atoms with Crippen LogP contribution in [0.15, 0.2) is 23.1 Å². The number of carboxylic acid groups (broad SMARTS) is 1. The molecule has 1 heterocycles. The number of hydrogen-bond donors (Lipinski definition) is 2. The first-order valence-corrected chi connectivity index (χ1v) is 5.68. The van der Waals surface area contributed by atoms with E-state index in [0.29, 0.717) is 6.42 Å². The number of phenolic OH excluding ortho intramolecular Hbond substituents is 1. The molecule has 80 valence electrons. The van der Waals surface area contributed by atoms with Crippen LogP contribution in [0.4, 0.5) is 0 Å². The number of carboxylic acids is 1. The van der Waals surface area contributed by atoms with Crippen molar-refractivity contribution in [3.63, 3.8) is 0 Å². The lowest BCUT2D eigenvalue weighted by atomic mass is 10.0. The minimum absolute atomic E-state index is 0.0331. The van der Waals surface area contributed by atoms with Crippen LogP contribution in [-0.2, 0) is 11.2 Å². The zero-order chi connectivity index (χ0) is 11.0. The van der Waals surface area contributed by atoms with Gasteiger partial charge in [0.25, 0.3) is 0 Å². The van der Waals surface area contributed by atoms with E-state index in [1.54, 1.807) is 30.8 Å². The third kappa shape index (κ3) is 1.81. The third-order valence-corrected chi connectivity index (χ3v) is 4.25. The van der Waals surface area contributed by atoms with Crippen LogP contribution in [0.2, 0.25) is 0 Å². The van der Waals surface area contributed by atoms with Crippen molar-refractivity contribution in [2.24, 2.45) is 5.92 Å². The van der Waals surface area contributed by atoms with Gasteiger partial charge in [-0.25, -0.2) is 0 Å². The second-order valence-corrected chi connectivity index (χ2v) is 5.02. The molecule has 2 N–H and O–H groups in total. The van der Waals surface area contributed by atoms with Crippen molar-refractivity contribution in [3.05, 3.63) is 23.8 Å². The Kier molecular flexibility index (Phi) is 2.61. The molecule has 0 saturated heterocycles. The summed E-state index contributed by atoms with van der Waals surface area (Å²) in [6.45, 7) is 1.71. The maximum absolute atomic E-state index is 10.8. The largest absolute Gasteiger partial charge is 0.508 e. The quantitative estimate of drug-likeness (QED) is 0.808. The molecular formula is C11H12O3S. The molecule has 2 atom stereocenters. The summed E-state index contributed by atoms with van der Waals surface area (Å²) in [7, 11) is 0. The Balaban J connectivity index is 2.23. The highest BCUT2D eigenvalue weighted by Crippen LogP contribution is 2.43. The fraction of sp³-hybridized carbons (Fsp3) is 0.364. The fourth-order valence-electron chi connectivity index (χ4n) is 1.71. The molecule has 1 aliphatic heterocycles. The van der Waals surface area contributed by atoms with Crippen molar-refractivity contribution < 1.29 is 15.0 Å². The molecule has 0 spiro atoms. The Hall–Kier alpha value is -1.16. The van der Waals surface area contributed by atoms with Crippen LogP contribution in [0.3, 0.4) is 0 Å². The van der Waals surface area contributed by atoms with E-state index in [2.05, 4.69) is 0 Å². The van der Waals surface area contributed by atoms with Crippen molar-refractivity contribution in [1.82, 2.24) is 0 Å². The molecule has 0 saturated carbocycles. The van der Waals surface area contributed by atoms with Gasteiger partial charge in [0.15, 0.2) is 0 Å². The van der Waals surface area contributed by atoms with E-state index in [-0.39, 0.29) is 16.9 Å². The van der Waals surface area contributed by atoms with E-state index in [4.69, 9.17) is 5.11 Å². The molecule has 0 radical (unpaired) electrons. The summed E-state index contributed by atoms with van der Waals surface area (Å²) < 4.78 is 0. The Morgan fingerprint density at radius 1 is 1.60 bits per heavy atom. The second kappa shape index (κ2) is 3.77. The average molecular weight is 224 g/mol. The Labute approximate surface area is 92.1 Å². The molecule has 0 fully saturated rings. The van der Waals surface area contributed by atoms with Crippen LogP contribution in [0, 0.1) is 5.92 Å². The molecule has 3 nitrogen and oxygen atoms in total. The summed E-state index contributed by atoms with van der Waals surface area (Å²) in [5.41, 5.74) is 0.889. The van der Waals surface area contributed by atoms with Crippen LogP contribution in [0.1, 0.15) is 12.5 Å². The number of carbonyl (C=O) groups is 1. The lowest BCUT2D eigenvalue weighted by Gasteiger charge is -2.12. The van der Waals surface area contributed by atoms with Crippen molar-refractivity contribution in [2.75, 3.05) is 0 Å². The molecular weight excluding hydrogens is 212 g/mol. The van der Waals surface area contributed by atoms with Gasteiger partial charge in [-0.05, 0) is 18.6 Å². The first-order chi connectivity index (χ1) is 7.09. The minimum Gasteiger partial charge on any atom is -0.508 e. The highest BCUT2D eigenvalue weighted by molar-refractivity contribution is 8.00. The number of thioether (sulfide) groups is 1. The first-order valence-electron chi connectivity index (χ1n) is 4.80. The van der Waals surface area contributed by atoms with Crippen molar-refractivity contribution in [2.45, 2.75) is 23.5 Å². The number of phenols is 1. The Morgan fingerprint density at radius 3 is 2.93 bits per heavy atom. The normalized spacial score (nSPS) is 21.0. The maximum Gasteiger partial charge on any atom is 0.307 e. The predicted octanol–water partition coefficient (Wildman–Crippen LogP) is 2.13. The number of benzene rings is 1. The number of aliphatic carboxylic acids is 1. The molecule has 1 aliphatic rings. The lowest BCUT2D eigenvalue weighted by Crippen LogP contribution is -2.22. The number of rotatable bonds is 2. The zero-order valence-electron chi connectivity index (χ0n) is 8.30. The smallest absolute Gasteiger partial charge is 0.307 e. The highest BCUT2D eigenvalue weighted by Gasteiger charge is 2.32. The summed E-state index contributed by atoms with van der Waals surface area (Å²) in [4.78, 5) is 11.9. The maximum atomic E-state index is 10.8. The summed E-state index contributed by atoms with van der Waals surface area (Å²) in [6, 6.07) is 5.36. The highest BCUT2D eigenvalue weighted by atomic mass is 32.2. The zero-order valence-corrected chi connectivity index (χ0v) is 9.12. The molecule has 1 aromatic rings. The summed E-state index contributed by atoms with van der Waals surface area (Å²) in [6.07, 6.45) is 0.639. The first kappa shape index (κ1) is 10.4. The van der Waals surface area contributed by atoms with Gasteiger partial charge in [-0.15, -0.1) is 11.8 Å². The van der Waals surface area contributed by atoms with Crippen LogP contribution in [0.5, 0.6) is 5.75 Å². The van der Waals surface area contributed by atoms with E-state index in [1.807, 2.05) is 6.07 Å². The monoisotopic (exact) mass is 224 g/mol. The van der Waals surface area contributed by atoms with Gasteiger partial charge in [-0.3, -0.25) is 4.79 Å². The molecule has 4 heteroatoms. The van der Waals surface area contributed by atoms with E-state index in [1.165, 1.54) is 0 Å². The van der Waals surface area contributed by atoms with Gasteiger partial charge >= 0.3 is 5.97 Å². The van der Waals surface area contributed by atoms with Gasteiger partial charge in [-0.2, -0.15) is 0 Å². The SMILES string of the molecule is CC(C(=O)O)C1Cc2c(O)cccc2S1. The average Bonchev–Trinajstić information content (AvgIpc) is 2.61. The summed E-state index contributed by atoms with van der Waals surface area (Å²) >= 11 is 1.55. The molecule has 0 aromatic heterocycles. The van der Waals surface area contributed by atoms with Gasteiger partial charge in [0.1, 0.15) is 5.75 Å². The van der Waals surface area contributed by atoms with Gasteiger partial charge in [0.05, 0.1) is 5.92 Å². The van der Waals surface area contributed by atoms with E-state index in [9.17, 15) is 9.90 Å². The van der Waals surface area contributed by atoms with Crippen LogP contribution in [0.25, 0.3) is 0 Å². The van der Waals surface area contributed by atoms with Gasteiger partial charge < -0.3 is 10.2 Å². The third-order valence-electron chi connectivity index (χ3n) is 2.74. The fourth-order valence-corrected chi connectivity index (χ4v) is 3.10. The van der Waals surface area contributed by atoms with Gasteiger partial charge in [0.2, 0.25) is 0 Å². The molecule has 0 amide bonds. The van der Waals surface area contributed by atoms with Crippen LogP contribution < -0.4 is 0 Å². The minimum atomic E-state index is -0.778. The predicted molar refractivity (Wildman–Crippen MR) is 58.3 cm³/mol. The van der Waals surface area contributed by atoms with Crippen LogP contribution in [-0.4, -0.2) is 21.4 Å². The molecule has 1 aromatic carbocycles. The van der Waals surface area contributed by atoms with E-state index in [0.717, 1.165) is 10.5 Å². The standard InChI is InChI=1S/C11H12O3S/c1-6(11(13)14)10-5-7-8(12)3-2-4-9(7)15-10/h2-4,6,10,12H,5H2,1H3,(H,13,14). The molecule has 2 unspecified atom stereocenters. The van der Waals surface area contributed by atoms with Crippen molar-refractivity contribution >= 4 is 17.7 Å². The van der Waals surface area contributed by atoms with E-state index >= 15 is 0 Å². The lowest BCUT2D eigenvalue weighted by molar-refractivity contribution is -0.141. The number of hydrogen-bond acceptors (Lipinski definition) is 3. The summed E-state index contributed by atoms with van der Waals surface area (Å²) in [5.74, 6) is -0.887. The van der Waals surface area contributed by atoms with Crippen LogP contribution >= 0.6 is 11.8 Å². The Bertz CT molecular complexity index is 403. The molecule has 15 heavy (non-hydrogen) atoms. The van der Waals surface area contributed by atoms with Crippen molar-refractivity contribution in [3.8, 4) is 5.75 Å². The summed E-state index contributed by atoms with van der Waals surface area (Å²) in [5, 5.41) is 18.6. The molecule has 0 aliphatic carbocycles. The van der Waals surface area contributed by atoms with Gasteiger partial charge in [0, 0.05) is 15.7 Å². The number of aromatic hydroxyl groups is 1. The Morgan fingerprint density at radius 2 is 2.33 bits per heavy atom. The van der Waals surface area contributed by atoms with Gasteiger partial charge in [-0.1, -0.05) is 13.0 Å².